The van der Waals surface area contributed by atoms with Gasteiger partial charge in [-0.1, -0.05) is 0 Å². The number of β-amino-alcohol motifs (C(OH)–C–C–N with tert-alkyl or cyclic N) is 1. The van der Waals surface area contributed by atoms with Gasteiger partial charge in [-0.05, 0) is 18.2 Å². The summed E-state index contributed by atoms with van der Waals surface area (Å²) in [4.78, 5) is 32.8. The minimum Gasteiger partial charge on any atom is -0.466 e. The number of aliphatic hydroxyl groups is 1. The van der Waals surface area contributed by atoms with Crippen molar-refractivity contribution in [1.29, 1.82) is 0 Å². The number of nitrogens with one attached hydrogen (secondary N) is 1. The van der Waals surface area contributed by atoms with Crippen molar-refractivity contribution >= 4 is 23.3 Å². The van der Waals surface area contributed by atoms with E-state index >= 15 is 0 Å². The zero-order valence-corrected chi connectivity index (χ0v) is 17.2. The number of anilines is 2. The number of aliphatic hydroxyl groups excluding tert-OH is 1. The Morgan fingerprint density at radius 3 is 2.81 bits per heavy atom. The summed E-state index contributed by atoms with van der Waals surface area (Å²) >= 11 is 0. The molecule has 2 aromatic rings. The van der Waals surface area contributed by atoms with Crippen LogP contribution >= 0.6 is 0 Å². The highest BCUT2D eigenvalue weighted by molar-refractivity contribution is 6.09. The van der Waals surface area contributed by atoms with Crippen molar-refractivity contribution in [3.05, 3.63) is 42.1 Å². The van der Waals surface area contributed by atoms with Gasteiger partial charge in [0.1, 0.15) is 5.70 Å². The number of nitrogens with zero attached hydrogens (tertiary/aromatic N) is 3. The van der Waals surface area contributed by atoms with Crippen molar-refractivity contribution < 1.29 is 28.6 Å². The second-order valence-electron chi connectivity index (χ2n) is 7.12. The van der Waals surface area contributed by atoms with Gasteiger partial charge in [-0.25, -0.2) is 9.78 Å². The van der Waals surface area contributed by atoms with E-state index in [0.717, 1.165) is 11.3 Å². The smallest absolute Gasteiger partial charge is 0.337 e. The van der Waals surface area contributed by atoms with E-state index in [9.17, 15) is 14.7 Å². The van der Waals surface area contributed by atoms with Crippen LogP contribution in [-0.4, -0.2) is 80.0 Å². The molecule has 2 N–H and O–H groups in total. The highest BCUT2D eigenvalue weighted by atomic mass is 16.5. The predicted octanol–water partition coefficient (Wildman–Crippen LogP) is 0.852. The number of carbonyl (C=O) groups is 2. The summed E-state index contributed by atoms with van der Waals surface area (Å²) in [6.07, 6.45) is 2.96. The minimum atomic E-state index is -0.587. The SMILES string of the molecule is COC(=O)C1=C(Nc2cc(-c3cnco3)ccc2N2CCOCC2)C(=O)N(CCO)C1. The van der Waals surface area contributed by atoms with Gasteiger partial charge in [0.2, 0.25) is 0 Å². The van der Waals surface area contributed by atoms with E-state index < -0.39 is 5.97 Å². The summed E-state index contributed by atoms with van der Waals surface area (Å²) in [6.45, 7) is 2.59. The van der Waals surface area contributed by atoms with Gasteiger partial charge in [-0.3, -0.25) is 4.79 Å². The van der Waals surface area contributed by atoms with Crippen LogP contribution in [0.15, 0.2) is 46.5 Å². The number of hydrogen-bond acceptors (Lipinski definition) is 9. The normalized spacial score (nSPS) is 16.8. The molecule has 1 amide bonds. The average Bonchev–Trinajstić information content (AvgIpc) is 3.44. The van der Waals surface area contributed by atoms with Crippen molar-refractivity contribution in [2.24, 2.45) is 0 Å². The van der Waals surface area contributed by atoms with Crippen LogP contribution in [0.2, 0.25) is 0 Å². The Labute approximate surface area is 179 Å². The van der Waals surface area contributed by atoms with E-state index in [4.69, 9.17) is 13.9 Å². The predicted molar refractivity (Wildman–Crippen MR) is 111 cm³/mol. The third-order valence-corrected chi connectivity index (χ3v) is 5.28. The fraction of sp³-hybridized carbons (Fsp3) is 0.381. The zero-order valence-electron chi connectivity index (χ0n) is 17.2. The molecule has 0 unspecified atom stereocenters. The quantitative estimate of drug-likeness (QED) is 0.619. The first kappa shape index (κ1) is 20.9. The van der Waals surface area contributed by atoms with Gasteiger partial charge in [-0.2, -0.15) is 0 Å². The Morgan fingerprint density at radius 1 is 1.32 bits per heavy atom. The molecule has 10 nitrogen and oxygen atoms in total. The van der Waals surface area contributed by atoms with Gasteiger partial charge in [0.25, 0.3) is 5.91 Å². The van der Waals surface area contributed by atoms with Crippen LogP contribution in [-0.2, 0) is 19.1 Å². The molecule has 4 rings (SSSR count). The molecule has 1 saturated heterocycles. The molecule has 10 heteroatoms. The van der Waals surface area contributed by atoms with Crippen molar-refractivity contribution in [1.82, 2.24) is 9.88 Å². The summed E-state index contributed by atoms with van der Waals surface area (Å²) in [7, 11) is 1.27. The summed E-state index contributed by atoms with van der Waals surface area (Å²) in [5.41, 5.74) is 2.65. The van der Waals surface area contributed by atoms with Gasteiger partial charge in [-0.15, -0.1) is 0 Å². The molecule has 2 aliphatic rings. The monoisotopic (exact) mass is 428 g/mol. The number of methoxy groups -OCH3 is 1. The number of hydrogen-bond donors (Lipinski definition) is 2. The maximum Gasteiger partial charge on any atom is 0.337 e. The molecule has 0 aliphatic carbocycles. The Bertz CT molecular complexity index is 982. The second-order valence-corrected chi connectivity index (χ2v) is 7.12. The Morgan fingerprint density at radius 2 is 2.13 bits per heavy atom. The van der Waals surface area contributed by atoms with Crippen LogP contribution in [0.3, 0.4) is 0 Å². The molecule has 1 fully saturated rings. The van der Waals surface area contributed by atoms with Crippen molar-refractivity contribution in [2.75, 3.05) is 63.3 Å². The van der Waals surface area contributed by atoms with Crippen LogP contribution in [0, 0.1) is 0 Å². The zero-order chi connectivity index (χ0) is 21.8. The molecule has 1 aromatic heterocycles. The van der Waals surface area contributed by atoms with Crippen LogP contribution in [0.25, 0.3) is 11.3 Å². The van der Waals surface area contributed by atoms with Crippen LogP contribution in [0.4, 0.5) is 11.4 Å². The lowest BCUT2D eigenvalue weighted by atomic mass is 10.1. The lowest BCUT2D eigenvalue weighted by Gasteiger charge is -2.31. The van der Waals surface area contributed by atoms with E-state index in [1.165, 1.54) is 18.4 Å². The van der Waals surface area contributed by atoms with Crippen LogP contribution < -0.4 is 10.2 Å². The summed E-state index contributed by atoms with van der Waals surface area (Å²) in [5, 5.41) is 12.4. The first-order valence-corrected chi connectivity index (χ1v) is 9.96. The van der Waals surface area contributed by atoms with E-state index in [2.05, 4.69) is 15.2 Å². The van der Waals surface area contributed by atoms with Gasteiger partial charge in [0.15, 0.2) is 12.2 Å². The second kappa shape index (κ2) is 9.19. The standard InChI is InChI=1S/C21H24N4O6/c1-29-21(28)15-12-25(4-7-26)20(27)19(15)23-16-10-14(18-11-22-13-31-18)2-3-17(16)24-5-8-30-9-6-24/h2-3,10-11,13,23,26H,4-9,12H2,1H3. The summed E-state index contributed by atoms with van der Waals surface area (Å²) in [5.74, 6) is -0.374. The number of esters is 1. The van der Waals surface area contributed by atoms with E-state index in [1.807, 2.05) is 18.2 Å². The molecule has 164 valence electrons. The summed E-state index contributed by atoms with van der Waals surface area (Å²) < 4.78 is 15.8. The number of carbonyl (C=O) groups excluding carboxylic acids is 2. The van der Waals surface area contributed by atoms with E-state index in [-0.39, 0.29) is 36.9 Å². The first-order chi connectivity index (χ1) is 15.1. The fourth-order valence-corrected chi connectivity index (χ4v) is 3.71. The first-order valence-electron chi connectivity index (χ1n) is 9.96. The van der Waals surface area contributed by atoms with Crippen molar-refractivity contribution in [2.45, 2.75) is 0 Å². The van der Waals surface area contributed by atoms with Gasteiger partial charge >= 0.3 is 5.97 Å². The maximum atomic E-state index is 13.0. The number of oxazole rings is 1. The molecule has 0 spiro atoms. The molecular weight excluding hydrogens is 404 g/mol. The number of morpholine rings is 1. The molecule has 31 heavy (non-hydrogen) atoms. The number of amides is 1. The number of ether oxygens (including phenoxy) is 2. The molecule has 2 aliphatic heterocycles. The van der Waals surface area contributed by atoms with Crippen molar-refractivity contribution in [3.63, 3.8) is 0 Å². The molecule has 0 radical (unpaired) electrons. The Hall–Kier alpha value is -3.37. The third kappa shape index (κ3) is 4.25. The van der Waals surface area contributed by atoms with Gasteiger partial charge in [0, 0.05) is 25.2 Å². The van der Waals surface area contributed by atoms with Gasteiger partial charge in [0.05, 0.1) is 56.6 Å². The Balaban J connectivity index is 1.74. The highest BCUT2D eigenvalue weighted by Gasteiger charge is 2.35. The largest absolute Gasteiger partial charge is 0.466 e. The fourth-order valence-electron chi connectivity index (χ4n) is 3.71. The number of benzene rings is 1. The number of aromatic nitrogens is 1. The third-order valence-electron chi connectivity index (χ3n) is 5.28. The van der Waals surface area contributed by atoms with Crippen LogP contribution in [0.1, 0.15) is 0 Å². The molecule has 0 saturated carbocycles. The molecule has 0 atom stereocenters. The van der Waals surface area contributed by atoms with Crippen molar-refractivity contribution in [3.8, 4) is 11.3 Å². The van der Waals surface area contributed by atoms with E-state index in [0.29, 0.717) is 37.8 Å². The van der Waals surface area contributed by atoms with Gasteiger partial charge < -0.3 is 34.1 Å². The lowest BCUT2D eigenvalue weighted by Crippen LogP contribution is -2.36. The highest BCUT2D eigenvalue weighted by Crippen LogP contribution is 2.34. The van der Waals surface area contributed by atoms with E-state index in [1.54, 1.807) is 6.20 Å². The lowest BCUT2D eigenvalue weighted by molar-refractivity contribution is -0.136. The summed E-state index contributed by atoms with van der Waals surface area (Å²) in [6, 6.07) is 5.71. The topological polar surface area (TPSA) is 117 Å². The maximum absolute atomic E-state index is 13.0. The average molecular weight is 428 g/mol. The molecular formula is C21H24N4O6. The molecule has 0 bridgehead atoms. The molecule has 1 aromatic carbocycles. The minimum absolute atomic E-state index is 0.0725. The Kier molecular flexibility index (Phi) is 6.19. The number of rotatable bonds is 7. The molecule has 3 heterocycles. The van der Waals surface area contributed by atoms with Crippen LogP contribution in [0.5, 0.6) is 0 Å².